The molecular weight excluding hydrogens is 274 g/mol. The molecule has 2 N–H and O–H groups in total. The molecule has 106 valence electrons. The fraction of sp³-hybridized carbons (Fsp3) is 0.200. The lowest BCUT2D eigenvalue weighted by molar-refractivity contribution is 0.473. The molecule has 0 heterocycles. The Kier molecular flexibility index (Phi) is 4.42. The highest BCUT2D eigenvalue weighted by atomic mass is 32.2. The highest BCUT2D eigenvalue weighted by Gasteiger charge is 2.17. The first-order valence-corrected chi connectivity index (χ1v) is 7.81. The molecule has 0 aliphatic rings. The van der Waals surface area contributed by atoms with Crippen LogP contribution in [0.3, 0.4) is 0 Å². The summed E-state index contributed by atoms with van der Waals surface area (Å²) in [5, 5.41) is 9.35. The zero-order valence-corrected chi connectivity index (χ0v) is 12.0. The number of hydrogen-bond donors (Lipinski definition) is 2. The number of hydrogen-bond acceptors (Lipinski definition) is 3. The maximum Gasteiger partial charge on any atom is 0.240 e. The van der Waals surface area contributed by atoms with Crippen LogP contribution in [0.2, 0.25) is 0 Å². The van der Waals surface area contributed by atoms with Crippen LogP contribution in [-0.2, 0) is 16.4 Å². The normalized spacial score (nSPS) is 13.1. The number of sulfonamides is 1. The van der Waals surface area contributed by atoms with Crippen LogP contribution < -0.4 is 4.72 Å². The molecule has 0 aromatic heterocycles. The highest BCUT2D eigenvalue weighted by molar-refractivity contribution is 7.89. The quantitative estimate of drug-likeness (QED) is 0.888. The molecule has 0 aliphatic carbocycles. The molecule has 0 bridgehead atoms. The van der Waals surface area contributed by atoms with Crippen LogP contribution in [0.4, 0.5) is 0 Å². The Morgan fingerprint density at radius 3 is 2.45 bits per heavy atom. The van der Waals surface area contributed by atoms with Crippen LogP contribution in [-0.4, -0.2) is 19.6 Å². The van der Waals surface area contributed by atoms with Gasteiger partial charge in [-0.05, 0) is 37.1 Å². The average Bonchev–Trinajstić information content (AvgIpc) is 2.39. The van der Waals surface area contributed by atoms with Crippen molar-refractivity contribution >= 4 is 10.0 Å². The minimum absolute atomic E-state index is 0.0661. The van der Waals surface area contributed by atoms with Crippen molar-refractivity contribution in [2.75, 3.05) is 0 Å². The standard InChI is InChI=1S/C15H17NO3S/c1-12(10-13-6-3-2-4-7-13)16-20(18,19)15-9-5-8-14(17)11-15/h2-9,11-12,16-17H,10H2,1H3. The van der Waals surface area contributed by atoms with Gasteiger partial charge in [0.25, 0.3) is 0 Å². The second kappa shape index (κ2) is 6.07. The Labute approximate surface area is 119 Å². The summed E-state index contributed by atoms with van der Waals surface area (Å²) in [4.78, 5) is 0.0670. The van der Waals surface area contributed by atoms with Crippen LogP contribution in [0.25, 0.3) is 0 Å². The van der Waals surface area contributed by atoms with Crippen molar-refractivity contribution in [3.8, 4) is 5.75 Å². The molecule has 0 radical (unpaired) electrons. The summed E-state index contributed by atoms with van der Waals surface area (Å²) < 4.78 is 26.9. The van der Waals surface area contributed by atoms with E-state index in [1.165, 1.54) is 24.3 Å². The van der Waals surface area contributed by atoms with Gasteiger partial charge in [-0.15, -0.1) is 0 Å². The Morgan fingerprint density at radius 2 is 1.80 bits per heavy atom. The third-order valence-corrected chi connectivity index (χ3v) is 4.46. The first kappa shape index (κ1) is 14.6. The molecule has 2 rings (SSSR count). The molecule has 5 heteroatoms. The van der Waals surface area contributed by atoms with E-state index in [1.807, 2.05) is 37.3 Å². The Bertz CT molecular complexity index is 669. The van der Waals surface area contributed by atoms with Crippen LogP contribution in [0, 0.1) is 0 Å². The van der Waals surface area contributed by atoms with Gasteiger partial charge in [0.2, 0.25) is 10.0 Å². The van der Waals surface area contributed by atoms with E-state index in [4.69, 9.17) is 0 Å². The van der Waals surface area contributed by atoms with Crippen molar-refractivity contribution in [3.63, 3.8) is 0 Å². The smallest absolute Gasteiger partial charge is 0.240 e. The fourth-order valence-electron chi connectivity index (χ4n) is 1.99. The molecule has 20 heavy (non-hydrogen) atoms. The molecule has 0 saturated heterocycles. The summed E-state index contributed by atoms with van der Waals surface area (Å²) in [7, 11) is -3.61. The average molecular weight is 291 g/mol. The number of aromatic hydroxyl groups is 1. The van der Waals surface area contributed by atoms with Crippen molar-refractivity contribution < 1.29 is 13.5 Å². The zero-order chi connectivity index (χ0) is 14.6. The van der Waals surface area contributed by atoms with Crippen LogP contribution in [0.5, 0.6) is 5.75 Å². The first-order chi connectivity index (χ1) is 9.47. The maximum absolute atomic E-state index is 12.2. The van der Waals surface area contributed by atoms with E-state index < -0.39 is 10.0 Å². The Morgan fingerprint density at radius 1 is 1.10 bits per heavy atom. The lowest BCUT2D eigenvalue weighted by Gasteiger charge is -2.14. The third kappa shape index (κ3) is 3.82. The number of nitrogens with one attached hydrogen (secondary N) is 1. The minimum atomic E-state index is -3.61. The molecule has 2 aromatic rings. The van der Waals surface area contributed by atoms with Crippen molar-refractivity contribution in [2.45, 2.75) is 24.3 Å². The van der Waals surface area contributed by atoms with Gasteiger partial charge in [-0.1, -0.05) is 36.4 Å². The summed E-state index contributed by atoms with van der Waals surface area (Å²) in [6.45, 7) is 1.81. The predicted octanol–water partition coefficient (Wildman–Crippen LogP) is 2.30. The van der Waals surface area contributed by atoms with Gasteiger partial charge in [-0.3, -0.25) is 0 Å². The van der Waals surface area contributed by atoms with Crippen molar-refractivity contribution in [3.05, 3.63) is 60.2 Å². The zero-order valence-electron chi connectivity index (χ0n) is 11.2. The van der Waals surface area contributed by atoms with Gasteiger partial charge >= 0.3 is 0 Å². The van der Waals surface area contributed by atoms with E-state index in [2.05, 4.69) is 4.72 Å². The van der Waals surface area contributed by atoms with Gasteiger partial charge in [0, 0.05) is 6.04 Å². The molecule has 1 atom stereocenters. The summed E-state index contributed by atoms with van der Waals surface area (Å²) in [6, 6.07) is 15.1. The Balaban J connectivity index is 2.08. The SMILES string of the molecule is CC(Cc1ccccc1)NS(=O)(=O)c1cccc(O)c1. The largest absolute Gasteiger partial charge is 0.508 e. The second-order valence-corrected chi connectivity index (χ2v) is 6.42. The van der Waals surface area contributed by atoms with Gasteiger partial charge in [-0.2, -0.15) is 0 Å². The minimum Gasteiger partial charge on any atom is -0.508 e. The summed E-state index contributed by atoms with van der Waals surface area (Å²) in [5.74, 6) is -0.0661. The van der Waals surface area contributed by atoms with E-state index >= 15 is 0 Å². The molecule has 1 unspecified atom stereocenters. The molecule has 0 saturated carbocycles. The predicted molar refractivity (Wildman–Crippen MR) is 78.0 cm³/mol. The molecule has 0 aliphatic heterocycles. The third-order valence-electron chi connectivity index (χ3n) is 2.87. The first-order valence-electron chi connectivity index (χ1n) is 6.33. The maximum atomic E-state index is 12.2. The highest BCUT2D eigenvalue weighted by Crippen LogP contribution is 2.16. The van der Waals surface area contributed by atoms with E-state index in [1.54, 1.807) is 0 Å². The Hall–Kier alpha value is -1.85. The summed E-state index contributed by atoms with van der Waals surface area (Å²) in [6.07, 6.45) is 0.610. The fourth-order valence-corrected chi connectivity index (χ4v) is 3.28. The molecule has 4 nitrogen and oxygen atoms in total. The van der Waals surface area contributed by atoms with Gasteiger partial charge in [0.05, 0.1) is 4.90 Å². The van der Waals surface area contributed by atoms with Crippen molar-refractivity contribution in [1.82, 2.24) is 4.72 Å². The van der Waals surface area contributed by atoms with Gasteiger partial charge < -0.3 is 5.11 Å². The molecule has 2 aromatic carbocycles. The van der Waals surface area contributed by atoms with Crippen LogP contribution in [0.1, 0.15) is 12.5 Å². The van der Waals surface area contributed by atoms with E-state index in [0.29, 0.717) is 6.42 Å². The molecule has 0 spiro atoms. The number of rotatable bonds is 5. The molecular formula is C15H17NO3S. The monoisotopic (exact) mass is 291 g/mol. The lowest BCUT2D eigenvalue weighted by Crippen LogP contribution is -2.34. The van der Waals surface area contributed by atoms with Gasteiger partial charge in [0.15, 0.2) is 0 Å². The second-order valence-electron chi connectivity index (χ2n) is 4.71. The molecule has 0 fully saturated rings. The topological polar surface area (TPSA) is 66.4 Å². The number of benzene rings is 2. The summed E-state index contributed by atoms with van der Waals surface area (Å²) >= 11 is 0. The van der Waals surface area contributed by atoms with Crippen LogP contribution in [0.15, 0.2) is 59.5 Å². The summed E-state index contributed by atoms with van der Waals surface area (Å²) in [5.41, 5.74) is 1.07. The van der Waals surface area contributed by atoms with E-state index in [9.17, 15) is 13.5 Å². The van der Waals surface area contributed by atoms with Crippen molar-refractivity contribution in [2.24, 2.45) is 0 Å². The van der Waals surface area contributed by atoms with E-state index in [-0.39, 0.29) is 16.7 Å². The number of phenolic OH excluding ortho intramolecular Hbond substituents is 1. The molecule has 0 amide bonds. The van der Waals surface area contributed by atoms with Gasteiger partial charge in [0.1, 0.15) is 5.75 Å². The van der Waals surface area contributed by atoms with Crippen molar-refractivity contribution in [1.29, 1.82) is 0 Å². The lowest BCUT2D eigenvalue weighted by atomic mass is 10.1. The van der Waals surface area contributed by atoms with Gasteiger partial charge in [-0.25, -0.2) is 13.1 Å². The number of phenols is 1. The van der Waals surface area contributed by atoms with E-state index in [0.717, 1.165) is 5.56 Å². The van der Waals surface area contributed by atoms with Crippen LogP contribution >= 0.6 is 0 Å².